The van der Waals surface area contributed by atoms with E-state index >= 15 is 0 Å². The summed E-state index contributed by atoms with van der Waals surface area (Å²) in [6.45, 7) is 2.06. The molecule has 0 radical (unpaired) electrons. The van der Waals surface area contributed by atoms with E-state index in [4.69, 9.17) is 0 Å². The lowest BCUT2D eigenvalue weighted by Crippen LogP contribution is -2.25. The number of rotatable bonds is 7. The van der Waals surface area contributed by atoms with E-state index in [1.54, 1.807) is 6.20 Å². The Morgan fingerprint density at radius 2 is 1.91 bits per heavy atom. The molecule has 0 unspecified atom stereocenters. The van der Waals surface area contributed by atoms with Gasteiger partial charge in [0.25, 0.3) is 5.91 Å². The van der Waals surface area contributed by atoms with Crippen LogP contribution in [0.4, 0.5) is 0 Å². The average molecular weight is 517 g/mol. The molecule has 0 saturated heterocycles. The molecule has 174 valence electrons. The number of nitrogens with one attached hydrogen (secondary N) is 1. The Bertz CT molecular complexity index is 1510. The summed E-state index contributed by atoms with van der Waals surface area (Å²) >= 11 is 4.21. The average Bonchev–Trinajstić information content (AvgIpc) is 3.55. The molecular weight excluding hydrogens is 497 g/mol. The lowest BCUT2D eigenvalue weighted by atomic mass is 10.1. The Labute approximate surface area is 214 Å². The first-order valence-electron chi connectivity index (χ1n) is 10.7. The predicted octanol–water partition coefficient (Wildman–Crippen LogP) is 5.15. The fourth-order valence-corrected chi connectivity index (χ4v) is 5.83. The van der Waals surface area contributed by atoms with Crippen molar-refractivity contribution in [2.45, 2.75) is 11.3 Å². The molecule has 5 aromatic rings. The molecule has 2 aromatic carbocycles. The van der Waals surface area contributed by atoms with Crippen LogP contribution in [0.1, 0.15) is 5.56 Å². The van der Waals surface area contributed by atoms with Crippen molar-refractivity contribution in [2.75, 3.05) is 5.75 Å². The first-order chi connectivity index (χ1) is 17.2. The minimum Gasteiger partial charge on any atom is -0.284 e. The largest absolute Gasteiger partial charge is 0.284 e. The van der Waals surface area contributed by atoms with Crippen LogP contribution in [0, 0.1) is 6.92 Å². The lowest BCUT2D eigenvalue weighted by molar-refractivity contribution is -0.118. The van der Waals surface area contributed by atoms with Gasteiger partial charge in [0, 0.05) is 17.3 Å². The van der Waals surface area contributed by atoms with Crippen molar-refractivity contribution in [2.24, 2.45) is 5.10 Å². The minimum atomic E-state index is -0.213. The molecule has 0 atom stereocenters. The maximum Gasteiger partial charge on any atom is 0.250 e. The van der Waals surface area contributed by atoms with Gasteiger partial charge in [-0.05, 0) is 42.3 Å². The molecule has 3 aromatic heterocycles. The summed E-state index contributed by atoms with van der Waals surface area (Å²) < 4.78 is 2.77. The third-order valence-corrected chi connectivity index (χ3v) is 7.84. The van der Waals surface area contributed by atoms with E-state index in [0.29, 0.717) is 9.14 Å². The maximum absolute atomic E-state index is 12.6. The van der Waals surface area contributed by atoms with Crippen molar-refractivity contribution in [1.29, 1.82) is 0 Å². The molecule has 0 spiro atoms. The van der Waals surface area contributed by atoms with Gasteiger partial charge in [-0.25, -0.2) is 5.43 Å². The van der Waals surface area contributed by atoms with Crippen LogP contribution in [0.15, 0.2) is 93.8 Å². The third-order valence-electron chi connectivity index (χ3n) is 4.93. The van der Waals surface area contributed by atoms with Crippen LogP contribution in [0.5, 0.6) is 0 Å². The summed E-state index contributed by atoms with van der Waals surface area (Å²) in [4.78, 5) is 17.5. The van der Waals surface area contributed by atoms with Crippen LogP contribution in [-0.4, -0.2) is 31.4 Å². The zero-order chi connectivity index (χ0) is 24.0. The summed E-state index contributed by atoms with van der Waals surface area (Å²) in [7, 11) is 0. The number of carbonyl (C=O) groups excluding carboxylic acids is 1. The third kappa shape index (κ3) is 5.56. The Morgan fingerprint density at radius 1 is 1.06 bits per heavy atom. The molecule has 0 aliphatic rings. The van der Waals surface area contributed by atoms with Gasteiger partial charge in [0.15, 0.2) is 9.35 Å². The summed E-state index contributed by atoms with van der Waals surface area (Å²) in [6, 6.07) is 24.0. The van der Waals surface area contributed by atoms with Gasteiger partial charge >= 0.3 is 0 Å². The number of hydrogen-bond acceptors (Lipinski definition) is 8. The van der Waals surface area contributed by atoms with Crippen LogP contribution >= 0.6 is 34.4 Å². The van der Waals surface area contributed by atoms with Crippen molar-refractivity contribution >= 4 is 40.3 Å². The van der Waals surface area contributed by atoms with Gasteiger partial charge < -0.3 is 0 Å². The van der Waals surface area contributed by atoms with E-state index in [-0.39, 0.29) is 11.7 Å². The number of aryl methyl sites for hydroxylation is 1. The van der Waals surface area contributed by atoms with Crippen molar-refractivity contribution in [3.05, 3.63) is 94.7 Å². The molecule has 0 fully saturated rings. The van der Waals surface area contributed by atoms with Crippen LogP contribution < -0.4 is 10.2 Å². The lowest BCUT2D eigenvalue weighted by Gasteiger charge is -2.10. The Kier molecular flexibility index (Phi) is 7.12. The van der Waals surface area contributed by atoms with E-state index in [1.165, 1.54) is 34.4 Å². The van der Waals surface area contributed by atoms with Crippen molar-refractivity contribution in [1.82, 2.24) is 25.2 Å². The topological polar surface area (TPSA) is 85.1 Å². The zero-order valence-corrected chi connectivity index (χ0v) is 21.1. The van der Waals surface area contributed by atoms with E-state index in [2.05, 4.69) is 66.8 Å². The number of hydrogen-bond donors (Lipinski definition) is 1. The number of nitrogens with zero attached hydrogens (tertiary/aromatic N) is 5. The normalized spacial score (nSPS) is 11.5. The molecule has 1 amide bonds. The minimum absolute atomic E-state index is 0.182. The highest BCUT2D eigenvalue weighted by Crippen LogP contribution is 2.28. The van der Waals surface area contributed by atoms with Gasteiger partial charge in [0.05, 0.1) is 11.4 Å². The molecule has 10 heteroatoms. The fraction of sp³-hybridized carbons (Fsp3) is 0.0800. The summed E-state index contributed by atoms with van der Waals surface area (Å²) in [5.41, 5.74) is 7.69. The van der Waals surface area contributed by atoms with E-state index in [1.807, 2.05) is 48.5 Å². The second-order valence-corrected chi connectivity index (χ2v) is 10.5. The Hall–Kier alpha value is -3.60. The number of thiazole rings is 1. The van der Waals surface area contributed by atoms with Crippen molar-refractivity contribution in [3.8, 4) is 27.6 Å². The van der Waals surface area contributed by atoms with Gasteiger partial charge in [-0.2, -0.15) is 0 Å². The molecule has 0 bridgehead atoms. The number of pyridine rings is 1. The smallest absolute Gasteiger partial charge is 0.250 e. The molecular formula is C25H20N6OS3. The van der Waals surface area contributed by atoms with Gasteiger partial charge in [0.1, 0.15) is 5.69 Å². The number of carbonyl (C=O) groups is 1. The highest BCUT2D eigenvalue weighted by atomic mass is 32.2. The van der Waals surface area contributed by atoms with Crippen LogP contribution in [0.3, 0.4) is 0 Å². The number of aromatic nitrogens is 4. The van der Waals surface area contributed by atoms with Gasteiger partial charge in [-0.3, -0.25) is 14.3 Å². The second-order valence-electron chi connectivity index (χ2n) is 7.47. The highest BCUT2D eigenvalue weighted by molar-refractivity contribution is 8.01. The Morgan fingerprint density at radius 3 is 2.71 bits per heavy atom. The van der Waals surface area contributed by atoms with Crippen LogP contribution in [0.25, 0.3) is 27.6 Å². The first kappa shape index (κ1) is 23.2. The summed E-state index contributed by atoms with van der Waals surface area (Å²) in [5, 5.41) is 15.6. The zero-order valence-electron chi connectivity index (χ0n) is 18.7. The van der Waals surface area contributed by atoms with Gasteiger partial charge in [-0.1, -0.05) is 71.6 Å². The van der Waals surface area contributed by atoms with E-state index in [0.717, 1.165) is 33.2 Å². The molecule has 0 aliphatic heterocycles. The van der Waals surface area contributed by atoms with E-state index in [9.17, 15) is 4.79 Å². The summed E-state index contributed by atoms with van der Waals surface area (Å²) in [6.07, 6.45) is 1.72. The fourth-order valence-electron chi connectivity index (χ4n) is 3.35. The molecule has 0 saturated carbocycles. The molecule has 5 rings (SSSR count). The molecule has 0 aliphatic carbocycles. The first-order valence-corrected chi connectivity index (χ1v) is 13.4. The molecule has 7 nitrogen and oxygen atoms in total. The summed E-state index contributed by atoms with van der Waals surface area (Å²) in [5.74, 6) is -0.0307. The number of thioether (sulfide) groups is 1. The van der Waals surface area contributed by atoms with E-state index < -0.39 is 0 Å². The SMILES string of the molecule is Cc1cccc(-n2c(-c3ccccc3)cs/c2=N/NC(=O)CSc2nnc(-c3ccccn3)s2)c1. The van der Waals surface area contributed by atoms with Gasteiger partial charge in [-0.15, -0.1) is 26.6 Å². The van der Waals surface area contributed by atoms with Crippen molar-refractivity contribution < 1.29 is 4.79 Å². The van der Waals surface area contributed by atoms with Gasteiger partial charge in [0.2, 0.25) is 4.80 Å². The maximum atomic E-state index is 12.6. The van der Waals surface area contributed by atoms with Crippen LogP contribution in [0.2, 0.25) is 0 Å². The predicted molar refractivity (Wildman–Crippen MR) is 141 cm³/mol. The molecule has 1 N–H and O–H groups in total. The van der Waals surface area contributed by atoms with Crippen molar-refractivity contribution in [3.63, 3.8) is 0 Å². The molecule has 35 heavy (non-hydrogen) atoms. The second kappa shape index (κ2) is 10.8. The monoisotopic (exact) mass is 516 g/mol. The quantitative estimate of drug-likeness (QED) is 0.239. The highest BCUT2D eigenvalue weighted by Gasteiger charge is 2.12. The Balaban J connectivity index is 1.34. The molecule has 3 heterocycles. The van der Waals surface area contributed by atoms with Crippen LogP contribution in [-0.2, 0) is 4.79 Å². The number of benzene rings is 2. The number of amides is 1. The standard InChI is InChI=1S/C25H20N6OS3/c1-17-8-7-11-19(14-17)31-21(18-9-3-2-4-10-18)15-33-24(31)29-27-22(32)16-34-25-30-28-23(35-25)20-12-5-6-13-26-20/h2-15H,16H2,1H3,(H,27,32)/b29-24+.